The van der Waals surface area contributed by atoms with Gasteiger partial charge in [-0.05, 0) is 19.3 Å². The highest BCUT2D eigenvalue weighted by Crippen LogP contribution is 2.05. The molecule has 0 rings (SSSR count). The quantitative estimate of drug-likeness (QED) is 0.559. The van der Waals surface area contributed by atoms with Crippen molar-refractivity contribution in [1.82, 2.24) is 10.4 Å². The van der Waals surface area contributed by atoms with Crippen LogP contribution in [0.25, 0.3) is 0 Å². The first kappa shape index (κ1) is 12.9. The van der Waals surface area contributed by atoms with Gasteiger partial charge in [-0.25, -0.2) is 5.01 Å². The van der Waals surface area contributed by atoms with Crippen LogP contribution in [0, 0.1) is 6.92 Å². The third kappa shape index (κ3) is 5.24. The van der Waals surface area contributed by atoms with Crippen molar-refractivity contribution in [2.75, 3.05) is 19.6 Å². The zero-order valence-corrected chi connectivity index (χ0v) is 9.05. The molecule has 0 saturated heterocycles. The Kier molecular flexibility index (Phi) is 8.40. The zero-order valence-electron chi connectivity index (χ0n) is 9.05. The van der Waals surface area contributed by atoms with Gasteiger partial charge in [0.1, 0.15) is 0 Å². The number of nitrogens with two attached hydrogens (primary N) is 1. The molecule has 13 heavy (non-hydrogen) atoms. The van der Waals surface area contributed by atoms with Gasteiger partial charge >= 0.3 is 0 Å². The molecule has 1 atom stereocenters. The Hall–Kier alpha value is -0.120. The number of hydrogen-bond donors (Lipinski definition) is 2. The van der Waals surface area contributed by atoms with Gasteiger partial charge in [0.25, 0.3) is 0 Å². The molecular formula is C10H24N3. The maximum atomic E-state index is 5.45. The highest BCUT2D eigenvalue weighted by atomic mass is 15.5. The second-order valence-corrected chi connectivity index (χ2v) is 3.24. The van der Waals surface area contributed by atoms with Crippen molar-refractivity contribution in [3.05, 3.63) is 6.92 Å². The van der Waals surface area contributed by atoms with E-state index in [9.17, 15) is 0 Å². The van der Waals surface area contributed by atoms with Gasteiger partial charge in [0.2, 0.25) is 0 Å². The highest BCUT2D eigenvalue weighted by molar-refractivity contribution is 4.68. The van der Waals surface area contributed by atoms with Gasteiger partial charge in [0.05, 0.1) is 0 Å². The van der Waals surface area contributed by atoms with E-state index < -0.39 is 0 Å². The monoisotopic (exact) mass is 186 g/mol. The SMILES string of the molecule is [CH2]CC(CC)N(CCC)NCCN. The lowest BCUT2D eigenvalue weighted by Crippen LogP contribution is -2.47. The minimum atomic E-state index is 0.548. The van der Waals surface area contributed by atoms with Crippen LogP contribution in [0.4, 0.5) is 0 Å². The van der Waals surface area contributed by atoms with Crippen LogP contribution in [0.5, 0.6) is 0 Å². The second-order valence-electron chi connectivity index (χ2n) is 3.24. The van der Waals surface area contributed by atoms with Crippen LogP contribution in [-0.4, -0.2) is 30.7 Å². The highest BCUT2D eigenvalue weighted by Gasteiger charge is 2.12. The van der Waals surface area contributed by atoms with E-state index >= 15 is 0 Å². The molecule has 3 N–H and O–H groups in total. The standard InChI is InChI=1S/C10H24N3/c1-4-9-13(12-8-7-11)10(5-2)6-3/h10,12H,2,4-9,11H2,1,3H3. The van der Waals surface area contributed by atoms with E-state index in [1.54, 1.807) is 0 Å². The molecule has 0 amide bonds. The maximum absolute atomic E-state index is 5.45. The Labute approximate surface area is 82.6 Å². The normalized spacial score (nSPS) is 11.5. The van der Waals surface area contributed by atoms with E-state index in [4.69, 9.17) is 5.73 Å². The topological polar surface area (TPSA) is 41.3 Å². The van der Waals surface area contributed by atoms with Gasteiger partial charge in [-0.1, -0.05) is 20.8 Å². The Balaban J connectivity index is 3.88. The Bertz CT molecular complexity index is 102. The molecule has 1 unspecified atom stereocenters. The van der Waals surface area contributed by atoms with Crippen molar-refractivity contribution in [3.63, 3.8) is 0 Å². The smallest absolute Gasteiger partial charge is 0.0240 e. The van der Waals surface area contributed by atoms with E-state index in [-0.39, 0.29) is 0 Å². The average molecular weight is 186 g/mol. The van der Waals surface area contributed by atoms with Crippen LogP contribution >= 0.6 is 0 Å². The lowest BCUT2D eigenvalue weighted by atomic mass is 10.1. The zero-order chi connectivity index (χ0) is 10.1. The molecule has 3 heteroatoms. The first-order valence-electron chi connectivity index (χ1n) is 5.29. The number of nitrogens with zero attached hydrogens (tertiary/aromatic N) is 1. The fraction of sp³-hybridized carbons (Fsp3) is 0.900. The number of hydrogen-bond acceptors (Lipinski definition) is 3. The summed E-state index contributed by atoms with van der Waals surface area (Å²) < 4.78 is 0. The van der Waals surface area contributed by atoms with E-state index in [0.29, 0.717) is 12.6 Å². The minimum absolute atomic E-state index is 0.548. The summed E-state index contributed by atoms with van der Waals surface area (Å²) in [6.07, 6.45) is 3.25. The average Bonchev–Trinajstić information content (AvgIpc) is 2.16. The molecule has 0 aromatic heterocycles. The van der Waals surface area contributed by atoms with Crippen molar-refractivity contribution in [3.8, 4) is 0 Å². The van der Waals surface area contributed by atoms with E-state index in [1.807, 2.05) is 0 Å². The van der Waals surface area contributed by atoms with E-state index in [1.165, 1.54) is 0 Å². The summed E-state index contributed by atoms with van der Waals surface area (Å²) in [5.74, 6) is 0. The summed E-state index contributed by atoms with van der Waals surface area (Å²) in [4.78, 5) is 0. The molecule has 1 radical (unpaired) electrons. The van der Waals surface area contributed by atoms with Gasteiger partial charge in [-0.3, -0.25) is 5.43 Å². The third-order valence-electron chi connectivity index (χ3n) is 2.17. The van der Waals surface area contributed by atoms with E-state index in [0.717, 1.165) is 32.4 Å². The third-order valence-corrected chi connectivity index (χ3v) is 2.17. The molecule has 0 aliphatic carbocycles. The molecule has 0 aliphatic heterocycles. The molecule has 0 bridgehead atoms. The fourth-order valence-electron chi connectivity index (χ4n) is 1.42. The molecule has 0 fully saturated rings. The Morgan fingerprint density at radius 1 is 1.46 bits per heavy atom. The molecule has 3 nitrogen and oxygen atoms in total. The Morgan fingerprint density at radius 3 is 2.54 bits per heavy atom. The molecule has 0 aliphatic rings. The van der Waals surface area contributed by atoms with Crippen molar-refractivity contribution in [2.24, 2.45) is 5.73 Å². The Morgan fingerprint density at radius 2 is 2.15 bits per heavy atom. The van der Waals surface area contributed by atoms with Crippen molar-refractivity contribution >= 4 is 0 Å². The van der Waals surface area contributed by atoms with Gasteiger partial charge < -0.3 is 5.73 Å². The largest absolute Gasteiger partial charge is 0.329 e. The molecular weight excluding hydrogens is 162 g/mol. The van der Waals surface area contributed by atoms with Crippen LogP contribution in [0.2, 0.25) is 0 Å². The number of hydrazine groups is 1. The number of rotatable bonds is 8. The van der Waals surface area contributed by atoms with Crippen LogP contribution in [0.15, 0.2) is 0 Å². The first-order valence-corrected chi connectivity index (χ1v) is 5.29. The van der Waals surface area contributed by atoms with Gasteiger partial charge in [-0.15, -0.1) is 0 Å². The van der Waals surface area contributed by atoms with Crippen LogP contribution in [0.1, 0.15) is 33.1 Å². The van der Waals surface area contributed by atoms with Crippen LogP contribution in [-0.2, 0) is 0 Å². The lowest BCUT2D eigenvalue weighted by Gasteiger charge is -2.30. The summed E-state index contributed by atoms with van der Waals surface area (Å²) in [7, 11) is 0. The molecule has 79 valence electrons. The van der Waals surface area contributed by atoms with Gasteiger partial charge in [0, 0.05) is 25.7 Å². The summed E-state index contributed by atoms with van der Waals surface area (Å²) in [6.45, 7) is 11.0. The summed E-state index contributed by atoms with van der Waals surface area (Å²) >= 11 is 0. The predicted molar refractivity (Wildman–Crippen MR) is 58.1 cm³/mol. The van der Waals surface area contributed by atoms with Gasteiger partial charge in [0.15, 0.2) is 0 Å². The minimum Gasteiger partial charge on any atom is -0.329 e. The molecule has 0 saturated carbocycles. The van der Waals surface area contributed by atoms with Gasteiger partial charge in [-0.2, -0.15) is 0 Å². The van der Waals surface area contributed by atoms with Crippen LogP contribution < -0.4 is 11.2 Å². The van der Waals surface area contributed by atoms with Crippen LogP contribution in [0.3, 0.4) is 0 Å². The van der Waals surface area contributed by atoms with Crippen molar-refractivity contribution in [2.45, 2.75) is 39.2 Å². The molecule has 0 aromatic carbocycles. The maximum Gasteiger partial charge on any atom is 0.0240 e. The summed E-state index contributed by atoms with van der Waals surface area (Å²) in [5.41, 5.74) is 8.79. The summed E-state index contributed by atoms with van der Waals surface area (Å²) in [5, 5.41) is 2.28. The fourth-order valence-corrected chi connectivity index (χ4v) is 1.42. The molecule has 0 spiro atoms. The summed E-state index contributed by atoms with van der Waals surface area (Å²) in [6, 6.07) is 0.548. The lowest BCUT2D eigenvalue weighted by molar-refractivity contribution is 0.122. The second kappa shape index (κ2) is 8.48. The number of nitrogens with one attached hydrogen (secondary N) is 1. The van der Waals surface area contributed by atoms with E-state index in [2.05, 4.69) is 31.2 Å². The van der Waals surface area contributed by atoms with Crippen molar-refractivity contribution in [1.29, 1.82) is 0 Å². The predicted octanol–water partition coefficient (Wildman–Crippen LogP) is 1.16. The molecule has 0 aromatic rings. The van der Waals surface area contributed by atoms with Crippen molar-refractivity contribution < 1.29 is 0 Å². The first-order chi connectivity index (χ1) is 6.29. The molecule has 0 heterocycles.